The predicted molar refractivity (Wildman–Crippen MR) is 83.1 cm³/mol. The number of carbonyl (C=O) groups excluding carboxylic acids is 1. The molecule has 0 aliphatic heterocycles. The van der Waals surface area contributed by atoms with E-state index in [1.807, 2.05) is 5.32 Å². The van der Waals surface area contributed by atoms with Gasteiger partial charge in [0.15, 0.2) is 9.84 Å². The second-order valence-electron chi connectivity index (χ2n) is 4.67. The van der Waals surface area contributed by atoms with Crippen LogP contribution in [0.3, 0.4) is 0 Å². The number of hydrogen-bond donors (Lipinski definition) is 1. The highest BCUT2D eigenvalue weighted by molar-refractivity contribution is 7.91. The predicted octanol–water partition coefficient (Wildman–Crippen LogP) is 3.42. The molecule has 122 valence electrons. The first-order valence-electron chi connectivity index (χ1n) is 6.52. The number of rotatable bonds is 5. The summed E-state index contributed by atoms with van der Waals surface area (Å²) in [6, 6.07) is 8.76. The van der Waals surface area contributed by atoms with Crippen LogP contribution in [0.2, 0.25) is 5.02 Å². The van der Waals surface area contributed by atoms with Gasteiger partial charge in [-0.25, -0.2) is 17.2 Å². The number of benzene rings is 2. The van der Waals surface area contributed by atoms with E-state index in [1.54, 1.807) is 0 Å². The lowest BCUT2D eigenvalue weighted by molar-refractivity contribution is -0.115. The summed E-state index contributed by atoms with van der Waals surface area (Å²) < 4.78 is 51.0. The van der Waals surface area contributed by atoms with Crippen molar-refractivity contribution < 1.29 is 22.0 Å². The highest BCUT2D eigenvalue weighted by Gasteiger charge is 2.18. The van der Waals surface area contributed by atoms with E-state index in [9.17, 15) is 22.0 Å². The highest BCUT2D eigenvalue weighted by Crippen LogP contribution is 2.20. The van der Waals surface area contributed by atoms with Crippen molar-refractivity contribution in [2.24, 2.45) is 0 Å². The quantitative estimate of drug-likeness (QED) is 0.889. The van der Waals surface area contributed by atoms with Gasteiger partial charge in [0.2, 0.25) is 5.91 Å². The van der Waals surface area contributed by atoms with Crippen LogP contribution in [0.1, 0.15) is 6.42 Å². The van der Waals surface area contributed by atoms with E-state index < -0.39 is 45.2 Å². The van der Waals surface area contributed by atoms with E-state index >= 15 is 0 Å². The van der Waals surface area contributed by atoms with Crippen LogP contribution in [0, 0.1) is 11.6 Å². The van der Waals surface area contributed by atoms with E-state index in [0.717, 1.165) is 18.2 Å². The molecule has 0 fully saturated rings. The summed E-state index contributed by atoms with van der Waals surface area (Å²) in [5.41, 5.74) is -0.599. The third kappa shape index (κ3) is 4.49. The van der Waals surface area contributed by atoms with Gasteiger partial charge < -0.3 is 5.32 Å². The van der Waals surface area contributed by atoms with Crippen molar-refractivity contribution in [1.82, 2.24) is 0 Å². The van der Waals surface area contributed by atoms with Gasteiger partial charge >= 0.3 is 0 Å². The molecule has 4 nitrogen and oxygen atoms in total. The number of para-hydroxylation sites is 1. The van der Waals surface area contributed by atoms with Crippen molar-refractivity contribution in [2.45, 2.75) is 11.3 Å². The zero-order valence-corrected chi connectivity index (χ0v) is 13.3. The molecule has 0 spiro atoms. The Kier molecular flexibility index (Phi) is 5.33. The summed E-state index contributed by atoms with van der Waals surface area (Å²) in [4.78, 5) is 11.7. The molecule has 2 aromatic rings. The number of anilines is 1. The number of amides is 1. The minimum atomic E-state index is -3.72. The monoisotopic (exact) mass is 359 g/mol. The molecule has 1 N–H and O–H groups in total. The van der Waals surface area contributed by atoms with Crippen LogP contribution < -0.4 is 5.32 Å². The van der Waals surface area contributed by atoms with Gasteiger partial charge in [0.25, 0.3) is 0 Å². The molecule has 8 heteroatoms. The van der Waals surface area contributed by atoms with Crippen LogP contribution in [0.25, 0.3) is 0 Å². The molecule has 1 amide bonds. The van der Waals surface area contributed by atoms with Gasteiger partial charge in [-0.3, -0.25) is 4.79 Å². The van der Waals surface area contributed by atoms with Gasteiger partial charge in [-0.15, -0.1) is 0 Å². The van der Waals surface area contributed by atoms with E-state index in [4.69, 9.17) is 11.6 Å². The third-order valence-electron chi connectivity index (χ3n) is 2.98. The van der Waals surface area contributed by atoms with Crippen molar-refractivity contribution in [3.05, 3.63) is 59.1 Å². The first-order chi connectivity index (χ1) is 10.8. The van der Waals surface area contributed by atoms with Crippen molar-refractivity contribution in [1.29, 1.82) is 0 Å². The Morgan fingerprint density at radius 3 is 2.30 bits per heavy atom. The molecule has 0 heterocycles. The molecular formula is C15H12ClF2NO3S. The van der Waals surface area contributed by atoms with E-state index in [2.05, 4.69) is 0 Å². The van der Waals surface area contributed by atoms with Gasteiger partial charge in [-0.1, -0.05) is 23.7 Å². The molecule has 2 aromatic carbocycles. The normalized spacial score (nSPS) is 11.3. The summed E-state index contributed by atoms with van der Waals surface area (Å²) in [5, 5.41) is 2.29. The first-order valence-corrected chi connectivity index (χ1v) is 8.55. The Hall–Kier alpha value is -1.99. The molecule has 0 atom stereocenters. The van der Waals surface area contributed by atoms with E-state index in [1.165, 1.54) is 24.3 Å². The van der Waals surface area contributed by atoms with Crippen LogP contribution in [0.4, 0.5) is 14.5 Å². The number of sulfone groups is 1. The van der Waals surface area contributed by atoms with Crippen LogP contribution >= 0.6 is 11.6 Å². The highest BCUT2D eigenvalue weighted by atomic mass is 35.5. The summed E-state index contributed by atoms with van der Waals surface area (Å²) in [6.45, 7) is 0. The maximum atomic E-state index is 13.4. The zero-order valence-electron chi connectivity index (χ0n) is 11.7. The molecule has 0 bridgehead atoms. The molecule has 0 saturated carbocycles. The molecule has 23 heavy (non-hydrogen) atoms. The van der Waals surface area contributed by atoms with E-state index in [0.29, 0.717) is 0 Å². The summed E-state index contributed by atoms with van der Waals surface area (Å²) in [6.07, 6.45) is -0.442. The van der Waals surface area contributed by atoms with Crippen molar-refractivity contribution in [3.63, 3.8) is 0 Å². The minimum Gasteiger partial charge on any atom is -0.321 e. The maximum Gasteiger partial charge on any atom is 0.225 e. The Balaban J connectivity index is 2.04. The summed E-state index contributed by atoms with van der Waals surface area (Å²) in [7, 11) is -3.72. The Labute approximate surface area is 137 Å². The standard InChI is InChI=1S/C15H12ClF2NO3S/c16-10-3-1-4-11(9-10)23(21,22)8-7-14(20)19-15-12(17)5-2-6-13(15)18/h1-6,9H,7-8H2,(H,19,20). The van der Waals surface area contributed by atoms with Crippen LogP contribution in [-0.2, 0) is 14.6 Å². The van der Waals surface area contributed by atoms with Gasteiger partial charge in [-0.05, 0) is 30.3 Å². The Bertz CT molecular complexity index is 820. The van der Waals surface area contributed by atoms with Gasteiger partial charge in [-0.2, -0.15) is 0 Å². The number of nitrogens with one attached hydrogen (secondary N) is 1. The van der Waals surface area contributed by atoms with Crippen LogP contribution in [-0.4, -0.2) is 20.1 Å². The molecule has 0 unspecified atom stereocenters. The largest absolute Gasteiger partial charge is 0.321 e. The van der Waals surface area contributed by atoms with Gasteiger partial charge in [0.05, 0.1) is 10.6 Å². The minimum absolute atomic E-state index is 0.0186. The maximum absolute atomic E-state index is 13.4. The molecule has 2 rings (SSSR count). The fraction of sp³-hybridized carbons (Fsp3) is 0.133. The fourth-order valence-corrected chi connectivity index (χ4v) is 3.36. The lowest BCUT2D eigenvalue weighted by Crippen LogP contribution is -2.18. The number of carbonyl (C=O) groups is 1. The molecular weight excluding hydrogens is 348 g/mol. The smallest absolute Gasteiger partial charge is 0.225 e. The molecule has 0 radical (unpaired) electrons. The van der Waals surface area contributed by atoms with Crippen molar-refractivity contribution in [2.75, 3.05) is 11.1 Å². The van der Waals surface area contributed by atoms with Crippen LogP contribution in [0.15, 0.2) is 47.4 Å². The fourth-order valence-electron chi connectivity index (χ4n) is 1.82. The number of halogens is 3. The molecule has 0 aromatic heterocycles. The third-order valence-corrected chi connectivity index (χ3v) is 4.93. The topological polar surface area (TPSA) is 63.2 Å². The molecule has 0 aliphatic carbocycles. The molecule has 0 aliphatic rings. The van der Waals surface area contributed by atoms with Crippen molar-refractivity contribution in [3.8, 4) is 0 Å². The Morgan fingerprint density at radius 2 is 1.70 bits per heavy atom. The first kappa shape index (κ1) is 17.4. The SMILES string of the molecule is O=C(CCS(=O)(=O)c1cccc(Cl)c1)Nc1c(F)cccc1F. The summed E-state index contributed by atoms with van der Waals surface area (Å²) >= 11 is 5.73. The number of hydrogen-bond acceptors (Lipinski definition) is 3. The average molecular weight is 360 g/mol. The zero-order chi connectivity index (χ0) is 17.0. The van der Waals surface area contributed by atoms with E-state index in [-0.39, 0.29) is 9.92 Å². The Morgan fingerprint density at radius 1 is 1.09 bits per heavy atom. The molecule has 0 saturated heterocycles. The second-order valence-corrected chi connectivity index (χ2v) is 7.22. The summed E-state index contributed by atoms with van der Waals surface area (Å²) in [5.74, 6) is -3.18. The lowest BCUT2D eigenvalue weighted by atomic mass is 10.3. The van der Waals surface area contributed by atoms with Gasteiger partial charge in [0.1, 0.15) is 17.3 Å². The second kappa shape index (κ2) is 7.06. The van der Waals surface area contributed by atoms with Crippen LogP contribution in [0.5, 0.6) is 0 Å². The average Bonchev–Trinajstić information content (AvgIpc) is 2.49. The lowest BCUT2D eigenvalue weighted by Gasteiger charge is -2.08. The van der Waals surface area contributed by atoms with Gasteiger partial charge in [0, 0.05) is 11.4 Å². The van der Waals surface area contributed by atoms with Crippen molar-refractivity contribution >= 4 is 33.0 Å².